The van der Waals surface area contributed by atoms with E-state index in [9.17, 15) is 15.3 Å². The van der Waals surface area contributed by atoms with Gasteiger partial charge in [0, 0.05) is 18.7 Å². The van der Waals surface area contributed by atoms with E-state index in [0.717, 1.165) is 5.56 Å². The Morgan fingerprint density at radius 3 is 2.12 bits per heavy atom. The Balaban J connectivity index is 2.69. The third-order valence-corrected chi connectivity index (χ3v) is 2.27. The summed E-state index contributed by atoms with van der Waals surface area (Å²) in [4.78, 5) is 0. The number of phenolic OH excluding ortho intramolecular Hbond substituents is 2. The molecule has 0 heterocycles. The molecule has 4 N–H and O–H groups in total. The van der Waals surface area contributed by atoms with Crippen molar-refractivity contribution in [3.63, 3.8) is 0 Å². The highest BCUT2D eigenvalue weighted by Crippen LogP contribution is 2.24. The van der Waals surface area contributed by atoms with E-state index in [4.69, 9.17) is 0 Å². The smallest absolute Gasteiger partial charge is 0.119 e. The van der Waals surface area contributed by atoms with Gasteiger partial charge in [-0.3, -0.25) is 0 Å². The first-order valence-corrected chi connectivity index (χ1v) is 5.26. The van der Waals surface area contributed by atoms with Gasteiger partial charge in [-0.25, -0.2) is 0 Å². The fraction of sp³-hybridized carbons (Fsp3) is 0.500. The zero-order valence-corrected chi connectivity index (χ0v) is 9.86. The molecule has 1 unspecified atom stereocenters. The lowest BCUT2D eigenvalue weighted by atomic mass is 10.1. The monoisotopic (exact) mass is 225 g/mol. The van der Waals surface area contributed by atoms with Gasteiger partial charge in [0.15, 0.2) is 0 Å². The van der Waals surface area contributed by atoms with E-state index in [-0.39, 0.29) is 17.5 Å². The maximum atomic E-state index is 9.56. The highest BCUT2D eigenvalue weighted by Gasteiger charge is 2.15. The fourth-order valence-electron chi connectivity index (χ4n) is 1.39. The van der Waals surface area contributed by atoms with Crippen LogP contribution in [0.2, 0.25) is 0 Å². The predicted octanol–water partition coefficient (Wildman–Crippen LogP) is 1.52. The molecule has 90 valence electrons. The van der Waals surface area contributed by atoms with Crippen LogP contribution in [0.4, 0.5) is 0 Å². The third-order valence-electron chi connectivity index (χ3n) is 2.27. The fourth-order valence-corrected chi connectivity index (χ4v) is 1.39. The van der Waals surface area contributed by atoms with E-state index >= 15 is 0 Å². The van der Waals surface area contributed by atoms with Gasteiger partial charge in [-0.15, -0.1) is 0 Å². The van der Waals surface area contributed by atoms with Crippen molar-refractivity contribution in [2.24, 2.45) is 0 Å². The van der Waals surface area contributed by atoms with Crippen LogP contribution in [0.25, 0.3) is 0 Å². The van der Waals surface area contributed by atoms with Gasteiger partial charge in [0.1, 0.15) is 11.5 Å². The summed E-state index contributed by atoms with van der Waals surface area (Å²) >= 11 is 0. The highest BCUT2D eigenvalue weighted by atomic mass is 16.3. The molecule has 0 spiro atoms. The average molecular weight is 225 g/mol. The highest BCUT2D eigenvalue weighted by molar-refractivity contribution is 5.37. The normalized spacial score (nSPS) is 13.8. The summed E-state index contributed by atoms with van der Waals surface area (Å²) in [5.74, 6) is 0.0683. The summed E-state index contributed by atoms with van der Waals surface area (Å²) in [5.41, 5.74) is -0.00520. The summed E-state index contributed by atoms with van der Waals surface area (Å²) in [6.45, 7) is 5.77. The molecule has 0 aliphatic heterocycles. The molecule has 0 fully saturated rings. The molecule has 0 amide bonds. The SMILES string of the molecule is CC(NCC(C)(C)O)c1cc(O)cc(O)c1. The summed E-state index contributed by atoms with van der Waals surface area (Å²) < 4.78 is 0. The molecule has 1 aromatic carbocycles. The van der Waals surface area contributed by atoms with Gasteiger partial charge < -0.3 is 20.6 Å². The molecule has 0 aromatic heterocycles. The first kappa shape index (κ1) is 12.8. The molecule has 4 nitrogen and oxygen atoms in total. The van der Waals surface area contributed by atoms with Crippen LogP contribution in [0.1, 0.15) is 32.4 Å². The van der Waals surface area contributed by atoms with Crippen molar-refractivity contribution in [1.29, 1.82) is 0 Å². The maximum absolute atomic E-state index is 9.56. The Hall–Kier alpha value is -1.26. The van der Waals surface area contributed by atoms with Crippen molar-refractivity contribution < 1.29 is 15.3 Å². The average Bonchev–Trinajstić information content (AvgIpc) is 2.11. The van der Waals surface area contributed by atoms with Gasteiger partial charge in [0.25, 0.3) is 0 Å². The van der Waals surface area contributed by atoms with Gasteiger partial charge in [0.2, 0.25) is 0 Å². The van der Waals surface area contributed by atoms with Crippen LogP contribution in [-0.2, 0) is 0 Å². The molecule has 0 aliphatic rings. The summed E-state index contributed by atoms with van der Waals surface area (Å²) in [5, 5.41) is 31.3. The van der Waals surface area contributed by atoms with Crippen molar-refractivity contribution in [3.05, 3.63) is 23.8 Å². The topological polar surface area (TPSA) is 72.7 Å². The summed E-state index contributed by atoms with van der Waals surface area (Å²) in [6.07, 6.45) is 0. The standard InChI is InChI=1S/C12H19NO3/c1-8(13-7-12(2,3)16)9-4-10(14)6-11(15)5-9/h4-6,8,13-16H,7H2,1-3H3. The quantitative estimate of drug-likeness (QED) is 0.627. The van der Waals surface area contributed by atoms with E-state index in [1.54, 1.807) is 26.0 Å². The minimum Gasteiger partial charge on any atom is -0.508 e. The molecule has 1 atom stereocenters. The summed E-state index contributed by atoms with van der Waals surface area (Å²) in [6, 6.07) is 4.40. The number of hydrogen-bond donors (Lipinski definition) is 4. The lowest BCUT2D eigenvalue weighted by Gasteiger charge is -2.22. The van der Waals surface area contributed by atoms with Crippen molar-refractivity contribution in [2.45, 2.75) is 32.4 Å². The zero-order valence-electron chi connectivity index (χ0n) is 9.86. The van der Waals surface area contributed by atoms with Crippen LogP contribution in [0.5, 0.6) is 11.5 Å². The molecule has 1 aromatic rings. The van der Waals surface area contributed by atoms with Crippen LogP contribution in [-0.4, -0.2) is 27.5 Å². The van der Waals surface area contributed by atoms with Crippen molar-refractivity contribution >= 4 is 0 Å². The largest absolute Gasteiger partial charge is 0.508 e. The molecule has 0 aliphatic carbocycles. The molecular formula is C12H19NO3. The Morgan fingerprint density at radius 1 is 1.19 bits per heavy atom. The Labute approximate surface area is 95.6 Å². The summed E-state index contributed by atoms with van der Waals surface area (Å²) in [7, 11) is 0. The number of rotatable bonds is 4. The second kappa shape index (κ2) is 4.72. The molecule has 0 saturated carbocycles. The van der Waals surface area contributed by atoms with Crippen molar-refractivity contribution in [1.82, 2.24) is 5.32 Å². The Morgan fingerprint density at radius 2 is 1.69 bits per heavy atom. The molecule has 4 heteroatoms. The number of nitrogens with one attached hydrogen (secondary N) is 1. The van der Waals surface area contributed by atoms with Crippen LogP contribution >= 0.6 is 0 Å². The molecule has 0 radical (unpaired) electrons. The lowest BCUT2D eigenvalue weighted by Crippen LogP contribution is -2.36. The van der Waals surface area contributed by atoms with Crippen molar-refractivity contribution in [3.8, 4) is 11.5 Å². The van der Waals surface area contributed by atoms with E-state index in [2.05, 4.69) is 5.32 Å². The van der Waals surface area contributed by atoms with Gasteiger partial charge >= 0.3 is 0 Å². The number of benzene rings is 1. The Kier molecular flexibility index (Phi) is 3.78. The Bertz CT molecular complexity index is 338. The first-order chi connectivity index (χ1) is 7.28. The van der Waals surface area contributed by atoms with Crippen LogP contribution < -0.4 is 5.32 Å². The van der Waals surface area contributed by atoms with E-state index in [1.165, 1.54) is 6.07 Å². The second-order valence-corrected chi connectivity index (χ2v) is 4.70. The maximum Gasteiger partial charge on any atom is 0.119 e. The number of phenols is 2. The van der Waals surface area contributed by atoms with Crippen molar-refractivity contribution in [2.75, 3.05) is 6.54 Å². The minimum atomic E-state index is -0.785. The molecule has 0 bridgehead atoms. The number of hydrogen-bond acceptors (Lipinski definition) is 4. The van der Waals surface area contributed by atoms with E-state index < -0.39 is 5.60 Å². The second-order valence-electron chi connectivity index (χ2n) is 4.70. The third kappa shape index (κ3) is 4.08. The predicted molar refractivity (Wildman–Crippen MR) is 62.5 cm³/mol. The lowest BCUT2D eigenvalue weighted by molar-refractivity contribution is 0.0770. The molecule has 0 saturated heterocycles. The van der Waals surface area contributed by atoms with Gasteiger partial charge in [-0.05, 0) is 38.5 Å². The van der Waals surface area contributed by atoms with E-state index in [1.807, 2.05) is 6.92 Å². The van der Waals surface area contributed by atoms with Gasteiger partial charge in [0.05, 0.1) is 5.60 Å². The minimum absolute atomic E-state index is 0.0342. The van der Waals surface area contributed by atoms with Crippen LogP contribution in [0.15, 0.2) is 18.2 Å². The molecule has 1 rings (SSSR count). The number of aliphatic hydroxyl groups is 1. The van der Waals surface area contributed by atoms with Crippen LogP contribution in [0, 0.1) is 0 Å². The van der Waals surface area contributed by atoms with Gasteiger partial charge in [-0.1, -0.05) is 0 Å². The van der Waals surface area contributed by atoms with Crippen LogP contribution in [0.3, 0.4) is 0 Å². The zero-order chi connectivity index (χ0) is 12.3. The van der Waals surface area contributed by atoms with Gasteiger partial charge in [-0.2, -0.15) is 0 Å². The number of aromatic hydroxyl groups is 2. The van der Waals surface area contributed by atoms with E-state index in [0.29, 0.717) is 6.54 Å². The molecule has 16 heavy (non-hydrogen) atoms. The molecular weight excluding hydrogens is 206 g/mol. The first-order valence-electron chi connectivity index (χ1n) is 5.26.